The first kappa shape index (κ1) is 24.9. The molecule has 1 saturated carbocycles. The fourth-order valence-electron chi connectivity index (χ4n) is 5.35. The Kier molecular flexibility index (Phi) is 8.05. The Morgan fingerprint density at radius 3 is 2.30 bits per heavy atom. The molecule has 0 saturated heterocycles. The molecule has 0 heterocycles. The molecule has 0 aliphatic heterocycles. The second kappa shape index (κ2) is 12.0. The van der Waals surface area contributed by atoms with Gasteiger partial charge in [-0.2, -0.15) is 0 Å². The van der Waals surface area contributed by atoms with Crippen molar-refractivity contribution in [2.75, 3.05) is 12.3 Å². The summed E-state index contributed by atoms with van der Waals surface area (Å²) in [7, 11) is 0. The van der Waals surface area contributed by atoms with Crippen LogP contribution in [0, 0.1) is 5.92 Å². The summed E-state index contributed by atoms with van der Waals surface area (Å²) < 4.78 is 6.03. The van der Waals surface area contributed by atoms with E-state index in [2.05, 4.69) is 42.5 Å². The predicted octanol–water partition coefficient (Wildman–Crippen LogP) is 7.61. The zero-order valence-corrected chi connectivity index (χ0v) is 21.4. The number of ether oxygens (including phenoxy) is 1. The number of fused-ring (bicyclic) bond motifs is 1. The van der Waals surface area contributed by atoms with Gasteiger partial charge in [-0.1, -0.05) is 92.4 Å². The summed E-state index contributed by atoms with van der Waals surface area (Å²) in [5, 5.41) is 2.41. The number of nitrogens with zero attached hydrogens (tertiary/aromatic N) is 1. The fraction of sp³-hybridized carbons (Fsp3) is 0.303. The van der Waals surface area contributed by atoms with Gasteiger partial charge in [0.05, 0.1) is 5.69 Å². The molecule has 2 N–H and O–H groups in total. The van der Waals surface area contributed by atoms with Gasteiger partial charge in [0.15, 0.2) is 0 Å². The van der Waals surface area contributed by atoms with Crippen LogP contribution in [0.4, 0.5) is 5.69 Å². The van der Waals surface area contributed by atoms with Gasteiger partial charge in [0.25, 0.3) is 5.91 Å². The first-order valence-electron chi connectivity index (χ1n) is 13.5. The third kappa shape index (κ3) is 6.51. The van der Waals surface area contributed by atoms with E-state index in [1.54, 1.807) is 12.1 Å². The molecule has 1 aliphatic carbocycles. The summed E-state index contributed by atoms with van der Waals surface area (Å²) in [5.41, 5.74) is 9.59. The summed E-state index contributed by atoms with van der Waals surface area (Å²) in [5.74, 6) is 1.12. The first-order valence-corrected chi connectivity index (χ1v) is 13.5. The molecule has 37 heavy (non-hydrogen) atoms. The van der Waals surface area contributed by atoms with Crippen molar-refractivity contribution >= 4 is 22.4 Å². The van der Waals surface area contributed by atoms with E-state index >= 15 is 0 Å². The number of anilines is 1. The lowest BCUT2D eigenvalue weighted by molar-refractivity contribution is 0.0707. The molecule has 190 valence electrons. The second-order valence-electron chi connectivity index (χ2n) is 10.3. The number of hydrogen-bond donors (Lipinski definition) is 1. The zero-order valence-electron chi connectivity index (χ0n) is 21.4. The van der Waals surface area contributed by atoms with Gasteiger partial charge in [-0.05, 0) is 64.9 Å². The number of carbonyl (C=O) groups is 1. The largest absolute Gasteiger partial charge is 0.487 e. The Hall–Kier alpha value is -3.79. The molecule has 4 heteroatoms. The van der Waals surface area contributed by atoms with E-state index < -0.39 is 0 Å². The molecule has 0 spiro atoms. The number of rotatable bonds is 8. The Morgan fingerprint density at radius 1 is 0.784 bits per heavy atom. The lowest BCUT2D eigenvalue weighted by atomic mass is 9.98. The van der Waals surface area contributed by atoms with Gasteiger partial charge < -0.3 is 15.4 Å². The average molecular weight is 493 g/mol. The van der Waals surface area contributed by atoms with Crippen LogP contribution in [0.5, 0.6) is 5.75 Å². The molecular formula is C33H36N2O2. The molecule has 0 radical (unpaired) electrons. The number of amides is 1. The zero-order chi connectivity index (χ0) is 25.5. The second-order valence-corrected chi connectivity index (χ2v) is 10.3. The van der Waals surface area contributed by atoms with Crippen molar-refractivity contribution in [1.29, 1.82) is 0 Å². The minimum absolute atomic E-state index is 0.0296. The fourth-order valence-corrected chi connectivity index (χ4v) is 5.35. The minimum atomic E-state index is 0.0296. The molecular weight excluding hydrogens is 456 g/mol. The number of hydrogen-bond acceptors (Lipinski definition) is 3. The highest BCUT2D eigenvalue weighted by molar-refractivity contribution is 5.95. The minimum Gasteiger partial charge on any atom is -0.487 e. The van der Waals surface area contributed by atoms with Crippen LogP contribution in [0.25, 0.3) is 10.8 Å². The monoisotopic (exact) mass is 492 g/mol. The third-order valence-corrected chi connectivity index (χ3v) is 7.43. The van der Waals surface area contributed by atoms with Crippen molar-refractivity contribution < 1.29 is 9.53 Å². The quantitative estimate of drug-likeness (QED) is 0.203. The van der Waals surface area contributed by atoms with Crippen LogP contribution in [0.3, 0.4) is 0 Å². The van der Waals surface area contributed by atoms with Crippen LogP contribution in [0.1, 0.15) is 60.0 Å². The van der Waals surface area contributed by atoms with Gasteiger partial charge in [-0.15, -0.1) is 0 Å². The smallest absolute Gasteiger partial charge is 0.254 e. The molecule has 4 nitrogen and oxygen atoms in total. The van der Waals surface area contributed by atoms with E-state index in [1.807, 2.05) is 41.3 Å². The SMILES string of the molecule is Nc1ccc(C(=O)N(Cc2ccc3ccccc3c2)CC2CCCCCC2)cc1OCc1ccccc1. The molecule has 0 unspecified atom stereocenters. The number of nitrogens with two attached hydrogens (primary N) is 1. The van der Waals surface area contributed by atoms with Gasteiger partial charge >= 0.3 is 0 Å². The highest BCUT2D eigenvalue weighted by Crippen LogP contribution is 2.28. The van der Waals surface area contributed by atoms with Crippen molar-refractivity contribution in [2.45, 2.75) is 51.7 Å². The third-order valence-electron chi connectivity index (χ3n) is 7.43. The van der Waals surface area contributed by atoms with Gasteiger partial charge in [0.1, 0.15) is 12.4 Å². The summed E-state index contributed by atoms with van der Waals surface area (Å²) >= 11 is 0. The normalized spacial score (nSPS) is 14.3. The van der Waals surface area contributed by atoms with E-state index in [4.69, 9.17) is 10.5 Å². The van der Waals surface area contributed by atoms with E-state index in [0.717, 1.165) is 17.7 Å². The Morgan fingerprint density at radius 2 is 1.51 bits per heavy atom. The first-order chi connectivity index (χ1) is 18.2. The lowest BCUT2D eigenvalue weighted by Crippen LogP contribution is -2.35. The molecule has 5 rings (SSSR count). The molecule has 0 atom stereocenters. The topological polar surface area (TPSA) is 55.6 Å². The van der Waals surface area contributed by atoms with Crippen molar-refractivity contribution in [3.8, 4) is 5.75 Å². The molecule has 1 aliphatic rings. The highest BCUT2D eigenvalue weighted by Gasteiger charge is 2.23. The average Bonchev–Trinajstić information content (AvgIpc) is 3.21. The maximum atomic E-state index is 13.9. The van der Waals surface area contributed by atoms with Crippen LogP contribution in [-0.4, -0.2) is 17.4 Å². The molecule has 4 aromatic rings. The standard InChI is InChI=1S/C33H36N2O2/c34-31-19-18-30(21-32(31)37-24-26-12-6-3-7-13-26)33(36)35(22-25-10-4-1-2-5-11-25)23-27-16-17-28-14-8-9-15-29(28)20-27/h3,6-9,12-21,25H,1-2,4-5,10-11,22-24,34H2. The van der Waals surface area contributed by atoms with Crippen LogP contribution >= 0.6 is 0 Å². The molecule has 1 amide bonds. The Labute approximate surface area is 220 Å². The van der Waals surface area contributed by atoms with Gasteiger partial charge in [0, 0.05) is 18.7 Å². The number of benzene rings is 4. The maximum Gasteiger partial charge on any atom is 0.254 e. The van der Waals surface area contributed by atoms with E-state index in [-0.39, 0.29) is 5.91 Å². The van der Waals surface area contributed by atoms with Crippen molar-refractivity contribution in [1.82, 2.24) is 4.90 Å². The predicted molar refractivity (Wildman–Crippen MR) is 152 cm³/mol. The van der Waals surface area contributed by atoms with Crippen LogP contribution in [-0.2, 0) is 13.2 Å². The summed E-state index contributed by atoms with van der Waals surface area (Å²) in [6.45, 7) is 1.77. The van der Waals surface area contributed by atoms with Crippen LogP contribution in [0.15, 0.2) is 91.0 Å². The van der Waals surface area contributed by atoms with Gasteiger partial charge in [-0.25, -0.2) is 0 Å². The lowest BCUT2D eigenvalue weighted by Gasteiger charge is -2.28. The van der Waals surface area contributed by atoms with Crippen LogP contribution in [0.2, 0.25) is 0 Å². The highest BCUT2D eigenvalue weighted by atomic mass is 16.5. The van der Waals surface area contributed by atoms with Crippen molar-refractivity contribution in [3.63, 3.8) is 0 Å². The van der Waals surface area contributed by atoms with Crippen molar-refractivity contribution in [2.24, 2.45) is 5.92 Å². The molecule has 4 aromatic carbocycles. The molecule has 0 bridgehead atoms. The summed E-state index contributed by atoms with van der Waals surface area (Å²) in [6.07, 6.45) is 7.48. The van der Waals surface area contributed by atoms with Crippen molar-refractivity contribution in [3.05, 3.63) is 108 Å². The van der Waals surface area contributed by atoms with E-state index in [0.29, 0.717) is 36.1 Å². The Balaban J connectivity index is 1.38. The van der Waals surface area contributed by atoms with E-state index in [1.165, 1.54) is 49.3 Å². The van der Waals surface area contributed by atoms with Gasteiger partial charge in [-0.3, -0.25) is 4.79 Å². The maximum absolute atomic E-state index is 13.9. The van der Waals surface area contributed by atoms with E-state index in [9.17, 15) is 4.79 Å². The molecule has 1 fully saturated rings. The summed E-state index contributed by atoms with van der Waals surface area (Å²) in [6, 6.07) is 30.3. The summed E-state index contributed by atoms with van der Waals surface area (Å²) in [4.78, 5) is 16.0. The Bertz CT molecular complexity index is 1330. The van der Waals surface area contributed by atoms with Gasteiger partial charge in [0.2, 0.25) is 0 Å². The number of nitrogen functional groups attached to an aromatic ring is 1. The van der Waals surface area contributed by atoms with Crippen LogP contribution < -0.4 is 10.5 Å². The molecule has 0 aromatic heterocycles. The number of carbonyl (C=O) groups excluding carboxylic acids is 1.